The number of aromatic nitrogens is 2. The standard InChI is InChI=1S/C28H42N2/c1-3-5-6-7-8-10-23-11-13-24(14-12-23)15-16-25-17-19-27(20-18-25)28-29-21-26(9-4-2)22-30-28/h17-24H,3-16H2,1-2H3. The number of nitrogens with zero attached hydrogens (tertiary/aromatic N) is 2. The van der Waals surface area contributed by atoms with Crippen molar-refractivity contribution in [3.05, 3.63) is 47.8 Å². The molecule has 164 valence electrons. The first-order chi connectivity index (χ1) is 14.8. The Bertz CT molecular complexity index is 696. The van der Waals surface area contributed by atoms with E-state index in [4.69, 9.17) is 0 Å². The first kappa shape index (κ1) is 23.0. The van der Waals surface area contributed by atoms with Crippen molar-refractivity contribution in [1.29, 1.82) is 0 Å². The quantitative estimate of drug-likeness (QED) is 0.332. The molecule has 0 spiro atoms. The zero-order valence-corrected chi connectivity index (χ0v) is 19.4. The molecule has 1 aromatic carbocycles. The summed E-state index contributed by atoms with van der Waals surface area (Å²) in [6.45, 7) is 4.49. The molecule has 0 bridgehead atoms. The van der Waals surface area contributed by atoms with Gasteiger partial charge < -0.3 is 0 Å². The molecule has 2 nitrogen and oxygen atoms in total. The Balaban J connectivity index is 1.36. The van der Waals surface area contributed by atoms with Gasteiger partial charge in [0.15, 0.2) is 5.82 Å². The number of hydrogen-bond acceptors (Lipinski definition) is 2. The van der Waals surface area contributed by atoms with E-state index in [0.717, 1.165) is 36.1 Å². The van der Waals surface area contributed by atoms with Gasteiger partial charge in [-0.2, -0.15) is 0 Å². The minimum Gasteiger partial charge on any atom is -0.236 e. The van der Waals surface area contributed by atoms with Gasteiger partial charge in [0.05, 0.1) is 0 Å². The molecular weight excluding hydrogens is 364 g/mol. The largest absolute Gasteiger partial charge is 0.236 e. The van der Waals surface area contributed by atoms with Crippen molar-refractivity contribution in [2.24, 2.45) is 11.8 Å². The van der Waals surface area contributed by atoms with Crippen molar-refractivity contribution in [3.8, 4) is 11.4 Å². The molecule has 0 saturated heterocycles. The van der Waals surface area contributed by atoms with E-state index in [2.05, 4.69) is 48.1 Å². The normalized spacial score (nSPS) is 19.1. The Labute approximate surface area is 184 Å². The average molecular weight is 407 g/mol. The van der Waals surface area contributed by atoms with E-state index in [0.29, 0.717) is 0 Å². The Morgan fingerprint density at radius 1 is 0.667 bits per heavy atom. The SMILES string of the molecule is CCCCCCCC1CCC(CCc2ccc(-c3ncc(CCC)cn3)cc2)CC1. The number of unbranched alkanes of at least 4 members (excludes halogenated alkanes) is 4. The van der Waals surface area contributed by atoms with E-state index in [-0.39, 0.29) is 0 Å². The number of rotatable bonds is 12. The summed E-state index contributed by atoms with van der Waals surface area (Å²) in [5.74, 6) is 2.80. The van der Waals surface area contributed by atoms with Gasteiger partial charge in [-0.1, -0.05) is 109 Å². The maximum atomic E-state index is 4.55. The van der Waals surface area contributed by atoms with Gasteiger partial charge >= 0.3 is 0 Å². The fraction of sp³-hybridized carbons (Fsp3) is 0.643. The van der Waals surface area contributed by atoms with Crippen molar-refractivity contribution in [3.63, 3.8) is 0 Å². The van der Waals surface area contributed by atoms with Crippen LogP contribution in [-0.2, 0) is 12.8 Å². The highest BCUT2D eigenvalue weighted by atomic mass is 14.9. The lowest BCUT2D eigenvalue weighted by Crippen LogP contribution is -2.15. The van der Waals surface area contributed by atoms with Crippen molar-refractivity contribution < 1.29 is 0 Å². The zero-order valence-electron chi connectivity index (χ0n) is 19.4. The molecule has 0 aliphatic heterocycles. The van der Waals surface area contributed by atoms with Crippen LogP contribution in [0.5, 0.6) is 0 Å². The summed E-state index contributed by atoms with van der Waals surface area (Å²) < 4.78 is 0. The fourth-order valence-electron chi connectivity index (χ4n) is 4.96. The van der Waals surface area contributed by atoms with Crippen LogP contribution in [0.1, 0.15) is 102 Å². The summed E-state index contributed by atoms with van der Waals surface area (Å²) in [4.78, 5) is 9.10. The average Bonchev–Trinajstić information content (AvgIpc) is 2.79. The summed E-state index contributed by atoms with van der Waals surface area (Å²) >= 11 is 0. The van der Waals surface area contributed by atoms with Gasteiger partial charge in [0.1, 0.15) is 0 Å². The van der Waals surface area contributed by atoms with Gasteiger partial charge in [-0.25, -0.2) is 9.97 Å². The minimum absolute atomic E-state index is 0.842. The Hall–Kier alpha value is -1.70. The van der Waals surface area contributed by atoms with Gasteiger partial charge in [0.2, 0.25) is 0 Å². The van der Waals surface area contributed by atoms with Crippen LogP contribution in [0.2, 0.25) is 0 Å². The third-order valence-corrected chi connectivity index (χ3v) is 6.98. The molecule has 0 atom stereocenters. The van der Waals surface area contributed by atoms with Gasteiger partial charge in [-0.3, -0.25) is 0 Å². The Kier molecular flexibility index (Phi) is 9.86. The van der Waals surface area contributed by atoms with Crippen LogP contribution in [0.15, 0.2) is 36.7 Å². The lowest BCUT2D eigenvalue weighted by Gasteiger charge is -2.28. The molecule has 1 aliphatic rings. The van der Waals surface area contributed by atoms with Gasteiger partial charge in [-0.05, 0) is 42.2 Å². The fourth-order valence-corrected chi connectivity index (χ4v) is 4.96. The molecule has 0 N–H and O–H groups in total. The third-order valence-electron chi connectivity index (χ3n) is 6.98. The maximum Gasteiger partial charge on any atom is 0.159 e. The van der Waals surface area contributed by atoms with Crippen LogP contribution in [0.4, 0.5) is 0 Å². The topological polar surface area (TPSA) is 25.8 Å². The molecule has 1 fully saturated rings. The molecule has 3 rings (SSSR count). The van der Waals surface area contributed by atoms with Crippen LogP contribution < -0.4 is 0 Å². The Morgan fingerprint density at radius 3 is 1.93 bits per heavy atom. The van der Waals surface area contributed by atoms with E-state index in [1.54, 1.807) is 0 Å². The van der Waals surface area contributed by atoms with Gasteiger partial charge in [0.25, 0.3) is 0 Å². The van der Waals surface area contributed by atoms with E-state index in [1.165, 1.54) is 88.2 Å². The molecule has 0 amide bonds. The molecule has 1 saturated carbocycles. The third kappa shape index (κ3) is 7.52. The van der Waals surface area contributed by atoms with Crippen LogP contribution in [0.25, 0.3) is 11.4 Å². The highest BCUT2D eigenvalue weighted by Crippen LogP contribution is 2.34. The van der Waals surface area contributed by atoms with Crippen LogP contribution >= 0.6 is 0 Å². The second-order valence-corrected chi connectivity index (χ2v) is 9.49. The lowest BCUT2D eigenvalue weighted by atomic mass is 9.77. The van der Waals surface area contributed by atoms with Gasteiger partial charge in [-0.15, -0.1) is 0 Å². The predicted molar refractivity (Wildman–Crippen MR) is 129 cm³/mol. The lowest BCUT2D eigenvalue weighted by molar-refractivity contribution is 0.248. The van der Waals surface area contributed by atoms with Crippen molar-refractivity contribution in [2.45, 2.75) is 104 Å². The number of benzene rings is 1. The summed E-state index contributed by atoms with van der Waals surface area (Å²) in [7, 11) is 0. The van der Waals surface area contributed by atoms with Crippen LogP contribution in [0.3, 0.4) is 0 Å². The first-order valence-electron chi connectivity index (χ1n) is 12.7. The van der Waals surface area contributed by atoms with Crippen molar-refractivity contribution in [1.82, 2.24) is 9.97 Å². The van der Waals surface area contributed by atoms with Crippen LogP contribution in [-0.4, -0.2) is 9.97 Å². The summed E-state index contributed by atoms with van der Waals surface area (Å²) in [6.07, 6.45) is 23.2. The van der Waals surface area contributed by atoms with Crippen LogP contribution in [0, 0.1) is 11.8 Å². The Morgan fingerprint density at radius 2 is 1.30 bits per heavy atom. The molecule has 0 radical (unpaired) electrons. The second-order valence-electron chi connectivity index (χ2n) is 9.49. The highest BCUT2D eigenvalue weighted by molar-refractivity contribution is 5.55. The number of hydrogen-bond donors (Lipinski definition) is 0. The molecular formula is C28H42N2. The molecule has 2 aromatic rings. The molecule has 1 aliphatic carbocycles. The molecule has 0 unspecified atom stereocenters. The van der Waals surface area contributed by atoms with E-state index in [1.807, 2.05) is 12.4 Å². The maximum absolute atomic E-state index is 4.55. The summed E-state index contributed by atoms with van der Waals surface area (Å²) in [5, 5.41) is 0. The second kappa shape index (κ2) is 12.9. The van der Waals surface area contributed by atoms with E-state index in [9.17, 15) is 0 Å². The molecule has 1 heterocycles. The predicted octanol–water partition coefficient (Wildman–Crippen LogP) is 8.20. The first-order valence-corrected chi connectivity index (χ1v) is 12.7. The smallest absolute Gasteiger partial charge is 0.159 e. The van der Waals surface area contributed by atoms with Crippen molar-refractivity contribution >= 4 is 0 Å². The monoisotopic (exact) mass is 406 g/mol. The molecule has 30 heavy (non-hydrogen) atoms. The zero-order chi connectivity index (χ0) is 21.0. The summed E-state index contributed by atoms with van der Waals surface area (Å²) in [5.41, 5.74) is 3.81. The number of aryl methyl sites for hydroxylation is 2. The van der Waals surface area contributed by atoms with E-state index >= 15 is 0 Å². The summed E-state index contributed by atoms with van der Waals surface area (Å²) in [6, 6.07) is 8.94. The van der Waals surface area contributed by atoms with E-state index < -0.39 is 0 Å². The highest BCUT2D eigenvalue weighted by Gasteiger charge is 2.20. The van der Waals surface area contributed by atoms with Gasteiger partial charge in [0, 0.05) is 18.0 Å². The molecule has 2 heteroatoms. The van der Waals surface area contributed by atoms with Crippen molar-refractivity contribution in [2.75, 3.05) is 0 Å². The molecule has 1 aromatic heterocycles. The minimum atomic E-state index is 0.842.